The Hall–Kier alpha value is -2.09. The Morgan fingerprint density at radius 3 is 2.59 bits per heavy atom. The van der Waals surface area contributed by atoms with Crippen LogP contribution in [0, 0.1) is 17.5 Å². The molecule has 4 nitrogen and oxygen atoms in total. The molecule has 0 aliphatic carbocycles. The van der Waals surface area contributed by atoms with Crippen LogP contribution in [0.1, 0.15) is 24.1 Å². The number of halogens is 4. The number of nitrogens with one attached hydrogen (secondary N) is 2. The molecule has 2 N–H and O–H groups in total. The molecule has 2 atom stereocenters. The van der Waals surface area contributed by atoms with Crippen molar-refractivity contribution in [1.82, 2.24) is 15.5 Å². The normalized spacial score (nSPS) is 18.0. The lowest BCUT2D eigenvalue weighted by Gasteiger charge is -2.36. The summed E-state index contributed by atoms with van der Waals surface area (Å²) in [7, 11) is 0. The number of hydrogen-bond acceptors (Lipinski definition) is 3. The molecule has 8 heteroatoms. The molecule has 0 radical (unpaired) electrons. The first kappa shape index (κ1) is 23.2. The smallest absolute Gasteiger partial charge is 0.234 e. The van der Waals surface area contributed by atoms with E-state index >= 15 is 0 Å². The van der Waals surface area contributed by atoms with Crippen LogP contribution in [0.15, 0.2) is 42.5 Å². The van der Waals surface area contributed by atoms with Crippen LogP contribution in [0.4, 0.5) is 13.2 Å². The van der Waals surface area contributed by atoms with Crippen molar-refractivity contribution in [3.8, 4) is 0 Å². The van der Waals surface area contributed by atoms with Gasteiger partial charge in [-0.25, -0.2) is 13.2 Å². The van der Waals surface area contributed by atoms with Crippen LogP contribution in [0.25, 0.3) is 0 Å². The molecular weight excluding hydrogens is 403 g/mol. The van der Waals surface area contributed by atoms with Crippen molar-refractivity contribution in [3.63, 3.8) is 0 Å². The van der Waals surface area contributed by atoms with E-state index in [1.54, 1.807) is 13.0 Å². The van der Waals surface area contributed by atoms with Gasteiger partial charge in [-0.15, -0.1) is 12.4 Å². The second kappa shape index (κ2) is 10.6. The number of rotatable bonds is 6. The third-order valence-electron chi connectivity index (χ3n) is 4.91. The molecule has 158 valence electrons. The summed E-state index contributed by atoms with van der Waals surface area (Å²) in [5.74, 6) is -1.77. The summed E-state index contributed by atoms with van der Waals surface area (Å²) < 4.78 is 41.2. The molecule has 3 rings (SSSR count). The maximum absolute atomic E-state index is 13.8. The standard InChI is InChI=1S/C21H24F3N3O.ClH/c1-14(10-17-18(23)6-3-7-19(17)24)26-21(28)13-27-9-8-25-12-20(27)15-4-2-5-16(22)11-15;/h2-7,11,14,20,25H,8-10,12-13H2,1H3,(H,26,28);1H. The number of carbonyl (C=O) groups is 1. The second-order valence-electron chi connectivity index (χ2n) is 7.12. The summed E-state index contributed by atoms with van der Waals surface area (Å²) in [4.78, 5) is 14.5. The van der Waals surface area contributed by atoms with Gasteiger partial charge in [0.15, 0.2) is 0 Å². The van der Waals surface area contributed by atoms with Gasteiger partial charge in [0.25, 0.3) is 0 Å². The third-order valence-corrected chi connectivity index (χ3v) is 4.91. The van der Waals surface area contributed by atoms with Crippen molar-refractivity contribution < 1.29 is 18.0 Å². The van der Waals surface area contributed by atoms with Crippen LogP contribution in [-0.4, -0.2) is 43.0 Å². The fourth-order valence-electron chi connectivity index (χ4n) is 3.57. The lowest BCUT2D eigenvalue weighted by molar-refractivity contribution is -0.123. The van der Waals surface area contributed by atoms with Crippen molar-refractivity contribution in [2.75, 3.05) is 26.2 Å². The van der Waals surface area contributed by atoms with Gasteiger partial charge in [-0.1, -0.05) is 18.2 Å². The lowest BCUT2D eigenvalue weighted by atomic mass is 10.0. The number of nitrogens with zero attached hydrogens (tertiary/aromatic N) is 1. The van der Waals surface area contributed by atoms with Gasteiger partial charge in [-0.2, -0.15) is 0 Å². The van der Waals surface area contributed by atoms with Gasteiger partial charge < -0.3 is 10.6 Å². The lowest BCUT2D eigenvalue weighted by Crippen LogP contribution is -2.50. The Morgan fingerprint density at radius 2 is 1.90 bits per heavy atom. The Balaban J connectivity index is 0.00000300. The Labute approximate surface area is 174 Å². The summed E-state index contributed by atoms with van der Waals surface area (Å²) in [6.45, 7) is 3.84. The first-order valence-corrected chi connectivity index (χ1v) is 9.36. The summed E-state index contributed by atoms with van der Waals surface area (Å²) in [6, 6.07) is 9.55. The SMILES string of the molecule is CC(Cc1c(F)cccc1F)NC(=O)CN1CCNCC1c1cccc(F)c1.Cl. The fourth-order valence-corrected chi connectivity index (χ4v) is 3.57. The van der Waals surface area contributed by atoms with Gasteiger partial charge in [-0.05, 0) is 43.2 Å². The quantitative estimate of drug-likeness (QED) is 0.744. The van der Waals surface area contributed by atoms with Gasteiger partial charge in [0.2, 0.25) is 5.91 Å². The van der Waals surface area contributed by atoms with E-state index in [9.17, 15) is 18.0 Å². The zero-order valence-electron chi connectivity index (χ0n) is 16.1. The first-order chi connectivity index (χ1) is 13.4. The van der Waals surface area contributed by atoms with Gasteiger partial charge in [0.1, 0.15) is 17.5 Å². The third kappa shape index (κ3) is 6.19. The first-order valence-electron chi connectivity index (χ1n) is 9.36. The van der Waals surface area contributed by atoms with Crippen molar-refractivity contribution >= 4 is 18.3 Å². The highest BCUT2D eigenvalue weighted by atomic mass is 35.5. The van der Waals surface area contributed by atoms with Gasteiger partial charge >= 0.3 is 0 Å². The molecule has 0 bridgehead atoms. The molecule has 1 amide bonds. The molecule has 2 unspecified atom stereocenters. The topological polar surface area (TPSA) is 44.4 Å². The maximum Gasteiger partial charge on any atom is 0.234 e. The van der Waals surface area contributed by atoms with E-state index in [0.717, 1.165) is 12.1 Å². The van der Waals surface area contributed by atoms with E-state index in [-0.39, 0.29) is 48.7 Å². The molecule has 0 saturated carbocycles. The second-order valence-corrected chi connectivity index (χ2v) is 7.12. The summed E-state index contributed by atoms with van der Waals surface area (Å²) >= 11 is 0. The van der Waals surface area contributed by atoms with Gasteiger partial charge in [0, 0.05) is 37.3 Å². The Morgan fingerprint density at radius 1 is 1.21 bits per heavy atom. The average molecular weight is 428 g/mol. The van der Waals surface area contributed by atoms with Crippen LogP contribution in [0.2, 0.25) is 0 Å². The summed E-state index contributed by atoms with van der Waals surface area (Å²) in [6.07, 6.45) is 0.0686. The van der Waals surface area contributed by atoms with Crippen LogP contribution in [-0.2, 0) is 11.2 Å². The minimum absolute atomic E-state index is 0. The number of benzene rings is 2. The van der Waals surface area contributed by atoms with Crippen molar-refractivity contribution in [2.24, 2.45) is 0 Å². The zero-order chi connectivity index (χ0) is 20.1. The number of amides is 1. The monoisotopic (exact) mass is 427 g/mol. The van der Waals surface area contributed by atoms with Crippen molar-refractivity contribution in [2.45, 2.75) is 25.4 Å². The Bertz CT molecular complexity index is 816. The fraction of sp³-hybridized carbons (Fsp3) is 0.381. The van der Waals surface area contributed by atoms with Gasteiger partial charge in [-0.3, -0.25) is 9.69 Å². The van der Waals surface area contributed by atoms with E-state index in [2.05, 4.69) is 10.6 Å². The zero-order valence-corrected chi connectivity index (χ0v) is 16.9. The number of hydrogen-bond donors (Lipinski definition) is 2. The van der Waals surface area contributed by atoms with Crippen LogP contribution in [0.5, 0.6) is 0 Å². The molecule has 0 spiro atoms. The summed E-state index contributed by atoms with van der Waals surface area (Å²) in [5, 5.41) is 6.07. The van der Waals surface area contributed by atoms with Gasteiger partial charge in [0.05, 0.1) is 6.54 Å². The molecule has 1 fully saturated rings. The average Bonchev–Trinajstić information content (AvgIpc) is 2.65. The highest BCUT2D eigenvalue weighted by molar-refractivity contribution is 5.85. The minimum atomic E-state index is -0.616. The van der Waals surface area contributed by atoms with Crippen LogP contribution >= 0.6 is 12.4 Å². The van der Waals surface area contributed by atoms with E-state index in [1.165, 1.54) is 30.3 Å². The van der Waals surface area contributed by atoms with E-state index < -0.39 is 17.7 Å². The van der Waals surface area contributed by atoms with E-state index in [0.29, 0.717) is 13.1 Å². The van der Waals surface area contributed by atoms with E-state index in [1.807, 2.05) is 11.0 Å². The van der Waals surface area contributed by atoms with Crippen molar-refractivity contribution in [1.29, 1.82) is 0 Å². The molecule has 0 aromatic heterocycles. The Kier molecular flexibility index (Phi) is 8.49. The maximum atomic E-state index is 13.8. The molecule has 1 aliphatic heterocycles. The minimum Gasteiger partial charge on any atom is -0.352 e. The molecule has 1 saturated heterocycles. The molecule has 1 aliphatic rings. The molecule has 29 heavy (non-hydrogen) atoms. The summed E-state index contributed by atoms with van der Waals surface area (Å²) in [5.41, 5.74) is 0.775. The van der Waals surface area contributed by atoms with Crippen LogP contribution in [0.3, 0.4) is 0 Å². The predicted molar refractivity (Wildman–Crippen MR) is 108 cm³/mol. The van der Waals surface area contributed by atoms with Crippen LogP contribution < -0.4 is 10.6 Å². The molecule has 2 aromatic rings. The number of piperazine rings is 1. The van der Waals surface area contributed by atoms with E-state index in [4.69, 9.17) is 0 Å². The molecule has 2 aromatic carbocycles. The largest absolute Gasteiger partial charge is 0.352 e. The molecule has 1 heterocycles. The highest BCUT2D eigenvalue weighted by Crippen LogP contribution is 2.22. The molecular formula is C21H25ClF3N3O. The number of carbonyl (C=O) groups excluding carboxylic acids is 1. The van der Waals surface area contributed by atoms with Crippen molar-refractivity contribution in [3.05, 3.63) is 71.0 Å². The predicted octanol–water partition coefficient (Wildman–Crippen LogP) is 3.22. The highest BCUT2D eigenvalue weighted by Gasteiger charge is 2.26.